The highest BCUT2D eigenvalue weighted by atomic mass is 32.1. The number of hydrogen-bond acceptors (Lipinski definition) is 3. The van der Waals surface area contributed by atoms with Gasteiger partial charge < -0.3 is 9.13 Å². The molecule has 12 rings (SSSR count). The molecule has 0 atom stereocenters. The highest BCUT2D eigenvalue weighted by molar-refractivity contribution is 7.25. The highest BCUT2D eigenvalue weighted by Crippen LogP contribution is 2.46. The van der Waals surface area contributed by atoms with Crippen LogP contribution in [-0.4, -0.2) is 18.5 Å². The third-order valence-corrected chi connectivity index (χ3v) is 11.8. The van der Waals surface area contributed by atoms with Gasteiger partial charge in [0.25, 0.3) is 5.56 Å². The summed E-state index contributed by atoms with van der Waals surface area (Å²) >= 11 is 1.66. The summed E-state index contributed by atoms with van der Waals surface area (Å²) in [5, 5.41) is 10.9. The van der Waals surface area contributed by atoms with Crippen LogP contribution in [0.4, 0.5) is 0 Å². The molecule has 0 spiro atoms. The number of fused-ring (bicyclic) bond motifs is 14. The van der Waals surface area contributed by atoms with Gasteiger partial charge in [0.1, 0.15) is 4.83 Å². The van der Waals surface area contributed by atoms with E-state index in [1.807, 2.05) is 35.0 Å². The topological polar surface area (TPSA) is 44.2 Å². The fraction of sp³-hybridized carbons (Fsp3) is 0. The van der Waals surface area contributed by atoms with E-state index < -0.39 is 0 Å². The van der Waals surface area contributed by atoms with Gasteiger partial charge in [-0.1, -0.05) is 78.9 Å². The van der Waals surface area contributed by atoms with Crippen molar-refractivity contribution in [2.75, 3.05) is 0 Å². The molecule has 232 valence electrons. The molecular formula is C44H24N4OS. The maximum Gasteiger partial charge on any atom is 0.264 e. The third kappa shape index (κ3) is 3.17. The van der Waals surface area contributed by atoms with Crippen LogP contribution in [0.5, 0.6) is 0 Å². The average Bonchev–Trinajstić information content (AvgIpc) is 3.90. The average molecular weight is 657 g/mol. The molecule has 0 radical (unpaired) electrons. The number of rotatable bonds is 2. The van der Waals surface area contributed by atoms with Gasteiger partial charge in [-0.25, -0.2) is 0 Å². The van der Waals surface area contributed by atoms with Crippen molar-refractivity contribution in [2.24, 2.45) is 0 Å². The lowest BCUT2D eigenvalue weighted by molar-refractivity contribution is 1.18. The standard InChI is InChI=1S/C44H24N4OS/c49-43-30-14-5-4-12-27(30)32-22-26(23-33-39-34-24-45-21-20-38(34)50-44(39)48(43)41(32)33)46-36-17-9-7-15-31(36)40-37(46)19-18-29-28-13-6-8-16-35(28)47(42(29)40)25-10-2-1-3-11-25/h1-24H. The van der Waals surface area contributed by atoms with Crippen LogP contribution in [0, 0.1) is 0 Å². The zero-order chi connectivity index (χ0) is 32.7. The summed E-state index contributed by atoms with van der Waals surface area (Å²) < 4.78 is 7.92. The van der Waals surface area contributed by atoms with Crippen molar-refractivity contribution in [2.45, 2.75) is 0 Å². The van der Waals surface area contributed by atoms with Crippen LogP contribution in [0.2, 0.25) is 0 Å². The number of benzene rings is 6. The zero-order valence-corrected chi connectivity index (χ0v) is 27.3. The van der Waals surface area contributed by atoms with Gasteiger partial charge in [0, 0.05) is 76.9 Å². The molecule has 0 aliphatic heterocycles. The van der Waals surface area contributed by atoms with Gasteiger partial charge in [0.2, 0.25) is 0 Å². The van der Waals surface area contributed by atoms with Gasteiger partial charge in [-0.05, 0) is 60.0 Å². The van der Waals surface area contributed by atoms with Crippen LogP contribution in [-0.2, 0) is 0 Å². The number of aromatic nitrogens is 4. The van der Waals surface area contributed by atoms with Gasteiger partial charge in [0.15, 0.2) is 0 Å². The molecule has 0 saturated heterocycles. The fourth-order valence-electron chi connectivity index (χ4n) is 8.68. The van der Waals surface area contributed by atoms with Gasteiger partial charge in [-0.3, -0.25) is 14.2 Å². The predicted molar refractivity (Wildman–Crippen MR) is 209 cm³/mol. The summed E-state index contributed by atoms with van der Waals surface area (Å²) in [6.07, 6.45) is 3.77. The van der Waals surface area contributed by atoms with Gasteiger partial charge in [-0.2, -0.15) is 0 Å². The van der Waals surface area contributed by atoms with E-state index in [9.17, 15) is 4.79 Å². The summed E-state index contributed by atoms with van der Waals surface area (Å²) in [4.78, 5) is 19.7. The Kier molecular flexibility index (Phi) is 4.94. The van der Waals surface area contributed by atoms with Crippen LogP contribution in [0.25, 0.3) is 102 Å². The Balaban J connectivity index is 1.31. The van der Waals surface area contributed by atoms with Crippen molar-refractivity contribution in [1.82, 2.24) is 18.5 Å². The molecule has 50 heavy (non-hydrogen) atoms. The Morgan fingerprint density at radius 3 is 2.02 bits per heavy atom. The van der Waals surface area contributed by atoms with E-state index in [1.165, 1.54) is 32.6 Å². The Morgan fingerprint density at radius 1 is 0.480 bits per heavy atom. The second-order valence-corrected chi connectivity index (χ2v) is 14.2. The SMILES string of the molecule is O=c1c2ccccc2c2cc(-n3c4ccccc4c4c3ccc3c5ccccc5n(-c5ccccc5)c34)cc3c4c5cnccc5sc4n1c23. The van der Waals surface area contributed by atoms with Crippen molar-refractivity contribution >= 4 is 102 Å². The van der Waals surface area contributed by atoms with Crippen LogP contribution in [0.1, 0.15) is 0 Å². The monoisotopic (exact) mass is 656 g/mol. The minimum absolute atomic E-state index is 0.0216. The lowest BCUT2D eigenvalue weighted by Crippen LogP contribution is -2.12. The molecule has 12 aromatic rings. The molecule has 0 aliphatic carbocycles. The molecule has 6 heteroatoms. The molecule has 0 fully saturated rings. The molecular weight excluding hydrogens is 633 g/mol. The van der Waals surface area contributed by atoms with E-state index in [1.54, 1.807) is 11.3 Å². The second kappa shape index (κ2) is 9.35. The van der Waals surface area contributed by atoms with Crippen molar-refractivity contribution in [3.63, 3.8) is 0 Å². The number of para-hydroxylation sites is 3. The maximum absolute atomic E-state index is 14.2. The van der Waals surface area contributed by atoms with Crippen LogP contribution < -0.4 is 5.56 Å². The van der Waals surface area contributed by atoms with Crippen LogP contribution in [0.15, 0.2) is 151 Å². The predicted octanol–water partition coefficient (Wildman–Crippen LogP) is 11.0. The normalized spacial score (nSPS) is 12.5. The Bertz CT molecular complexity index is 3460. The highest BCUT2D eigenvalue weighted by Gasteiger charge is 2.24. The molecule has 0 aliphatic rings. The molecule has 0 amide bonds. The van der Waals surface area contributed by atoms with E-state index in [0.29, 0.717) is 0 Å². The van der Waals surface area contributed by atoms with E-state index >= 15 is 0 Å². The smallest absolute Gasteiger partial charge is 0.264 e. The number of nitrogens with zero attached hydrogens (tertiary/aromatic N) is 4. The van der Waals surface area contributed by atoms with Gasteiger partial charge >= 0.3 is 0 Å². The summed E-state index contributed by atoms with van der Waals surface area (Å²) in [5.41, 5.74) is 7.85. The molecule has 5 nitrogen and oxygen atoms in total. The lowest BCUT2D eigenvalue weighted by Gasteiger charge is -2.13. The summed E-state index contributed by atoms with van der Waals surface area (Å²) in [6, 6.07) is 47.4. The number of hydrogen-bond donors (Lipinski definition) is 0. The maximum atomic E-state index is 14.2. The Morgan fingerprint density at radius 2 is 1.18 bits per heavy atom. The van der Waals surface area contributed by atoms with E-state index in [2.05, 4.69) is 129 Å². The second-order valence-electron chi connectivity index (χ2n) is 13.1. The first-order valence-electron chi connectivity index (χ1n) is 16.8. The van der Waals surface area contributed by atoms with Crippen molar-refractivity contribution in [3.05, 3.63) is 156 Å². The quantitative estimate of drug-likeness (QED) is 0.174. The van der Waals surface area contributed by atoms with Crippen LogP contribution in [0.3, 0.4) is 0 Å². The molecule has 0 bridgehead atoms. The van der Waals surface area contributed by atoms with Gasteiger partial charge in [0.05, 0.1) is 27.6 Å². The largest absolute Gasteiger partial charge is 0.309 e. The summed E-state index contributed by atoms with van der Waals surface area (Å²) in [5.74, 6) is 0. The fourth-order valence-corrected chi connectivity index (χ4v) is 9.87. The number of thiophene rings is 1. The van der Waals surface area contributed by atoms with E-state index in [4.69, 9.17) is 0 Å². The van der Waals surface area contributed by atoms with E-state index in [-0.39, 0.29) is 5.56 Å². The lowest BCUT2D eigenvalue weighted by atomic mass is 10.0. The summed E-state index contributed by atoms with van der Waals surface area (Å²) in [7, 11) is 0. The zero-order valence-electron chi connectivity index (χ0n) is 26.5. The van der Waals surface area contributed by atoms with Crippen molar-refractivity contribution in [1.29, 1.82) is 0 Å². The van der Waals surface area contributed by atoms with Crippen molar-refractivity contribution in [3.8, 4) is 11.4 Å². The van der Waals surface area contributed by atoms with Gasteiger partial charge in [-0.15, -0.1) is 11.3 Å². The van der Waals surface area contributed by atoms with E-state index in [0.717, 1.165) is 69.8 Å². The molecule has 0 saturated carbocycles. The molecule has 6 aromatic carbocycles. The first-order valence-corrected chi connectivity index (χ1v) is 17.6. The molecule has 0 unspecified atom stereocenters. The minimum Gasteiger partial charge on any atom is -0.309 e. The minimum atomic E-state index is 0.0216. The molecule has 6 aromatic heterocycles. The Hall–Kier alpha value is -6.50. The Labute approximate surface area is 287 Å². The molecule has 6 heterocycles. The summed E-state index contributed by atoms with van der Waals surface area (Å²) in [6.45, 7) is 0. The molecule has 0 N–H and O–H groups in total. The first kappa shape index (κ1) is 26.5. The van der Waals surface area contributed by atoms with Crippen LogP contribution >= 0.6 is 11.3 Å². The number of pyridine rings is 2. The third-order valence-electron chi connectivity index (χ3n) is 10.7. The van der Waals surface area contributed by atoms with Crippen molar-refractivity contribution < 1.29 is 0 Å². The first-order chi connectivity index (χ1) is 24.8.